The van der Waals surface area contributed by atoms with Gasteiger partial charge in [-0.05, 0) is 60.2 Å². The molecule has 0 radical (unpaired) electrons. The van der Waals surface area contributed by atoms with Crippen LogP contribution in [-0.2, 0) is 0 Å². The normalized spacial score (nSPS) is 12.3. The van der Waals surface area contributed by atoms with Crippen molar-refractivity contribution in [3.05, 3.63) is 92.9 Å². The molecule has 7 heteroatoms. The van der Waals surface area contributed by atoms with Gasteiger partial charge in [0, 0.05) is 6.54 Å². The minimum atomic E-state index is -0.440. The number of rotatable bonds is 7. The molecule has 0 spiro atoms. The van der Waals surface area contributed by atoms with E-state index in [4.69, 9.17) is 4.98 Å². The average Bonchev–Trinajstić information content (AvgIpc) is 3.34. The summed E-state index contributed by atoms with van der Waals surface area (Å²) in [5.74, 6) is 0.217. The number of carbonyl (C=O) groups is 1. The Balaban J connectivity index is 1.96. The van der Waals surface area contributed by atoms with Crippen LogP contribution in [0.15, 0.2) is 70.8 Å². The van der Waals surface area contributed by atoms with Crippen LogP contribution in [0, 0.1) is 11.7 Å². The van der Waals surface area contributed by atoms with E-state index in [0.29, 0.717) is 40.3 Å². The third-order valence-corrected chi connectivity index (χ3v) is 6.36. The molecule has 33 heavy (non-hydrogen) atoms. The van der Waals surface area contributed by atoms with Crippen molar-refractivity contribution in [2.45, 2.75) is 33.2 Å². The minimum Gasteiger partial charge on any atom is -0.327 e. The molecule has 4 rings (SSSR count). The zero-order valence-electron chi connectivity index (χ0n) is 18.9. The van der Waals surface area contributed by atoms with Gasteiger partial charge in [-0.2, -0.15) is 0 Å². The monoisotopic (exact) mass is 463 g/mol. The molecule has 1 atom stereocenters. The summed E-state index contributed by atoms with van der Waals surface area (Å²) in [6.45, 7) is 6.61. The molecule has 1 amide bonds. The largest absolute Gasteiger partial charge is 0.327 e. The number of amides is 1. The van der Waals surface area contributed by atoms with E-state index in [1.807, 2.05) is 35.4 Å². The molecule has 0 aliphatic rings. The molecule has 1 unspecified atom stereocenters. The number of fused-ring (bicyclic) bond motifs is 1. The second-order valence-electron chi connectivity index (χ2n) is 8.36. The lowest BCUT2D eigenvalue weighted by atomic mass is 10.1. The van der Waals surface area contributed by atoms with Gasteiger partial charge in [0.1, 0.15) is 11.6 Å². The summed E-state index contributed by atoms with van der Waals surface area (Å²) in [5, 5.41) is 2.35. The summed E-state index contributed by atoms with van der Waals surface area (Å²) >= 11 is 1.40. The summed E-state index contributed by atoms with van der Waals surface area (Å²) in [5.41, 5.74) is 0.845. The number of hydrogen-bond acceptors (Lipinski definition) is 4. The second-order valence-corrected chi connectivity index (χ2v) is 9.30. The van der Waals surface area contributed by atoms with Crippen molar-refractivity contribution in [3.8, 4) is 5.69 Å². The predicted octanol–water partition coefficient (Wildman–Crippen LogP) is 5.84. The molecule has 2 aromatic carbocycles. The van der Waals surface area contributed by atoms with Gasteiger partial charge in [0.25, 0.3) is 11.5 Å². The first-order valence-electron chi connectivity index (χ1n) is 11.0. The Bertz CT molecular complexity index is 1310. The summed E-state index contributed by atoms with van der Waals surface area (Å²) in [6.07, 6.45) is 0.565. The highest BCUT2D eigenvalue weighted by atomic mass is 32.1. The van der Waals surface area contributed by atoms with Crippen molar-refractivity contribution >= 4 is 28.1 Å². The zero-order chi connectivity index (χ0) is 23.5. The zero-order valence-corrected chi connectivity index (χ0v) is 19.7. The number of nitrogens with zero attached hydrogens (tertiary/aromatic N) is 3. The Morgan fingerprint density at radius 2 is 1.82 bits per heavy atom. The molecule has 0 saturated heterocycles. The van der Waals surface area contributed by atoms with E-state index >= 15 is 0 Å². The van der Waals surface area contributed by atoms with Gasteiger partial charge in [0.05, 0.1) is 27.5 Å². The van der Waals surface area contributed by atoms with E-state index in [2.05, 4.69) is 13.8 Å². The first-order valence-corrected chi connectivity index (χ1v) is 11.9. The maximum Gasteiger partial charge on any atom is 0.266 e. The Hall–Kier alpha value is -3.32. The minimum absolute atomic E-state index is 0.0846. The van der Waals surface area contributed by atoms with Crippen LogP contribution in [0.1, 0.15) is 48.7 Å². The van der Waals surface area contributed by atoms with Gasteiger partial charge in [-0.25, -0.2) is 9.37 Å². The maximum absolute atomic E-state index is 13.7. The molecule has 0 bridgehead atoms. The fourth-order valence-electron chi connectivity index (χ4n) is 4.04. The van der Waals surface area contributed by atoms with Crippen molar-refractivity contribution < 1.29 is 9.18 Å². The smallest absolute Gasteiger partial charge is 0.266 e. The van der Waals surface area contributed by atoms with Crippen molar-refractivity contribution in [1.29, 1.82) is 0 Å². The number of benzene rings is 2. The first kappa shape index (κ1) is 22.9. The molecule has 0 aliphatic heterocycles. The van der Waals surface area contributed by atoms with Crippen molar-refractivity contribution in [2.75, 3.05) is 6.54 Å². The number of thiophene rings is 1. The van der Waals surface area contributed by atoms with Gasteiger partial charge in [-0.3, -0.25) is 14.2 Å². The quantitative estimate of drug-likeness (QED) is 0.346. The van der Waals surface area contributed by atoms with E-state index in [-0.39, 0.29) is 23.2 Å². The summed E-state index contributed by atoms with van der Waals surface area (Å²) in [7, 11) is 0. The van der Waals surface area contributed by atoms with Crippen LogP contribution in [0.4, 0.5) is 4.39 Å². The molecule has 170 valence electrons. The predicted molar refractivity (Wildman–Crippen MR) is 131 cm³/mol. The molecule has 0 saturated carbocycles. The number of hydrogen-bond donors (Lipinski definition) is 0. The Kier molecular flexibility index (Phi) is 6.70. The standard InChI is InChI=1S/C26H26FN3O2S/c1-4-22(29(16-17(2)3)26(32)23-10-7-15-33-23)24-28-21-9-6-5-8-20(21)25(31)30(24)19-13-11-18(27)12-14-19/h5-15,17,22H,4,16H2,1-3H3. The maximum atomic E-state index is 13.7. The fraction of sp³-hybridized carbons (Fsp3) is 0.269. The molecule has 4 aromatic rings. The topological polar surface area (TPSA) is 55.2 Å². The van der Waals surface area contributed by atoms with Gasteiger partial charge in [-0.15, -0.1) is 11.3 Å². The van der Waals surface area contributed by atoms with Crippen LogP contribution in [0.5, 0.6) is 0 Å². The number of para-hydroxylation sites is 1. The van der Waals surface area contributed by atoms with Gasteiger partial charge in [-0.1, -0.05) is 39.0 Å². The molecule has 5 nitrogen and oxygen atoms in total. The summed E-state index contributed by atoms with van der Waals surface area (Å²) in [4.78, 5) is 34.5. The molecular formula is C26H26FN3O2S. The van der Waals surface area contributed by atoms with Crippen LogP contribution in [0.25, 0.3) is 16.6 Å². The molecule has 2 aromatic heterocycles. The van der Waals surface area contributed by atoms with Crippen molar-refractivity contribution in [2.24, 2.45) is 5.92 Å². The molecular weight excluding hydrogens is 437 g/mol. The van der Waals surface area contributed by atoms with E-state index < -0.39 is 6.04 Å². The Morgan fingerprint density at radius 1 is 1.09 bits per heavy atom. The van der Waals surface area contributed by atoms with E-state index in [1.54, 1.807) is 30.3 Å². The fourth-order valence-corrected chi connectivity index (χ4v) is 4.72. The van der Waals surface area contributed by atoms with Gasteiger partial charge in [0.15, 0.2) is 0 Å². The van der Waals surface area contributed by atoms with Gasteiger partial charge < -0.3 is 4.90 Å². The Morgan fingerprint density at radius 3 is 2.45 bits per heavy atom. The number of carbonyl (C=O) groups excluding carboxylic acids is 1. The lowest BCUT2D eigenvalue weighted by Crippen LogP contribution is -2.40. The SMILES string of the molecule is CCC(c1nc2ccccc2c(=O)n1-c1ccc(F)cc1)N(CC(C)C)C(=O)c1cccs1. The van der Waals surface area contributed by atoms with Crippen LogP contribution in [-0.4, -0.2) is 26.9 Å². The van der Waals surface area contributed by atoms with Crippen molar-refractivity contribution in [3.63, 3.8) is 0 Å². The Labute approximate surface area is 196 Å². The van der Waals surface area contributed by atoms with Gasteiger partial charge in [0.2, 0.25) is 0 Å². The number of halogens is 1. The number of aromatic nitrogens is 2. The second kappa shape index (κ2) is 9.67. The lowest BCUT2D eigenvalue weighted by molar-refractivity contribution is 0.0636. The highest BCUT2D eigenvalue weighted by Crippen LogP contribution is 2.29. The summed E-state index contributed by atoms with van der Waals surface area (Å²) in [6, 6.07) is 16.2. The average molecular weight is 464 g/mol. The van der Waals surface area contributed by atoms with E-state index in [0.717, 1.165) is 0 Å². The van der Waals surface area contributed by atoms with Crippen LogP contribution in [0.3, 0.4) is 0 Å². The summed E-state index contributed by atoms with van der Waals surface area (Å²) < 4.78 is 15.2. The van der Waals surface area contributed by atoms with Crippen LogP contribution < -0.4 is 5.56 Å². The molecule has 0 fully saturated rings. The van der Waals surface area contributed by atoms with Crippen LogP contribution in [0.2, 0.25) is 0 Å². The van der Waals surface area contributed by atoms with E-state index in [1.165, 1.54) is 28.0 Å². The van der Waals surface area contributed by atoms with Gasteiger partial charge >= 0.3 is 0 Å². The lowest BCUT2D eigenvalue weighted by Gasteiger charge is -2.33. The third kappa shape index (κ3) is 4.59. The van der Waals surface area contributed by atoms with Crippen molar-refractivity contribution in [1.82, 2.24) is 14.5 Å². The molecule has 0 aliphatic carbocycles. The molecule has 2 heterocycles. The van der Waals surface area contributed by atoms with Crippen LogP contribution >= 0.6 is 11.3 Å². The first-order chi connectivity index (χ1) is 15.9. The third-order valence-electron chi connectivity index (χ3n) is 5.50. The highest BCUT2D eigenvalue weighted by molar-refractivity contribution is 7.12. The highest BCUT2D eigenvalue weighted by Gasteiger charge is 2.30. The molecule has 0 N–H and O–H groups in total. The van der Waals surface area contributed by atoms with E-state index in [9.17, 15) is 14.0 Å².